The van der Waals surface area contributed by atoms with Gasteiger partial charge in [0.1, 0.15) is 0 Å². The largest absolute Gasteiger partial charge is 0.462 e. The summed E-state index contributed by atoms with van der Waals surface area (Å²) in [7, 11) is 0. The highest BCUT2D eigenvalue weighted by Crippen LogP contribution is 2.23. The molecule has 0 bridgehead atoms. The summed E-state index contributed by atoms with van der Waals surface area (Å²) in [6.07, 6.45) is 2.69. The number of rotatable bonds is 6. The number of nitrogens with two attached hydrogens (primary N) is 1. The maximum absolute atomic E-state index is 12.7. The average molecular weight is 409 g/mol. The van der Waals surface area contributed by atoms with E-state index in [1.54, 1.807) is 48.2 Å². The molecule has 1 aliphatic heterocycles. The van der Waals surface area contributed by atoms with Gasteiger partial charge in [0.2, 0.25) is 5.91 Å². The Kier molecular flexibility index (Phi) is 7.06. The van der Waals surface area contributed by atoms with E-state index >= 15 is 0 Å². The lowest BCUT2D eigenvalue weighted by atomic mass is 9.90. The van der Waals surface area contributed by atoms with Crippen LogP contribution >= 0.6 is 0 Å². The van der Waals surface area contributed by atoms with Crippen molar-refractivity contribution in [3.8, 4) is 0 Å². The van der Waals surface area contributed by atoms with Crippen LogP contribution in [-0.2, 0) is 11.2 Å². The molecule has 0 aromatic heterocycles. The van der Waals surface area contributed by atoms with Crippen molar-refractivity contribution in [1.29, 1.82) is 0 Å². The van der Waals surface area contributed by atoms with Crippen molar-refractivity contribution in [1.82, 2.24) is 4.90 Å². The third-order valence-electron chi connectivity index (χ3n) is 5.33. The standard InChI is InChI=1S/C23H27N3O4/c1-2-30-22(28)19-5-3-4-6-20(19)25-23(29)26-13-11-17(12-14-26)15-16-7-9-18(10-8-16)21(24)27/h3-10,17H,2,11-15H2,1H3,(H2,24,27)(H,25,29). The number of piperidine rings is 1. The van der Waals surface area contributed by atoms with Crippen LogP contribution in [0.25, 0.3) is 0 Å². The number of hydrogen-bond donors (Lipinski definition) is 2. The fourth-order valence-corrected chi connectivity index (χ4v) is 3.65. The Morgan fingerprint density at radius 2 is 1.73 bits per heavy atom. The number of benzene rings is 2. The lowest BCUT2D eigenvalue weighted by molar-refractivity contribution is 0.0527. The normalized spacial score (nSPS) is 14.2. The van der Waals surface area contributed by atoms with E-state index in [4.69, 9.17) is 10.5 Å². The second-order valence-electron chi connectivity index (χ2n) is 7.39. The highest BCUT2D eigenvalue weighted by atomic mass is 16.5. The Morgan fingerprint density at radius 3 is 2.37 bits per heavy atom. The van der Waals surface area contributed by atoms with Crippen LogP contribution in [0.15, 0.2) is 48.5 Å². The summed E-state index contributed by atoms with van der Waals surface area (Å²) >= 11 is 0. The number of carbonyl (C=O) groups excluding carboxylic acids is 3. The maximum atomic E-state index is 12.7. The van der Waals surface area contributed by atoms with Gasteiger partial charge in [0, 0.05) is 18.7 Å². The first-order valence-electron chi connectivity index (χ1n) is 10.2. The molecule has 1 fully saturated rings. The Morgan fingerprint density at radius 1 is 1.07 bits per heavy atom. The first kappa shape index (κ1) is 21.4. The van der Waals surface area contributed by atoms with Crippen LogP contribution in [-0.4, -0.2) is 42.5 Å². The number of hydrogen-bond acceptors (Lipinski definition) is 4. The summed E-state index contributed by atoms with van der Waals surface area (Å²) in [5.74, 6) is -0.403. The van der Waals surface area contributed by atoms with Crippen LogP contribution in [0.3, 0.4) is 0 Å². The zero-order valence-electron chi connectivity index (χ0n) is 17.1. The molecule has 3 amide bonds. The van der Waals surface area contributed by atoms with E-state index in [2.05, 4.69) is 5.32 Å². The fraction of sp³-hybridized carbons (Fsp3) is 0.348. The highest BCUT2D eigenvalue weighted by Gasteiger charge is 2.24. The Balaban J connectivity index is 1.53. The van der Waals surface area contributed by atoms with Gasteiger partial charge in [-0.15, -0.1) is 0 Å². The predicted molar refractivity (Wildman–Crippen MR) is 114 cm³/mol. The molecule has 1 aliphatic rings. The number of nitrogens with one attached hydrogen (secondary N) is 1. The van der Waals surface area contributed by atoms with E-state index < -0.39 is 11.9 Å². The van der Waals surface area contributed by atoms with Crippen molar-refractivity contribution in [2.75, 3.05) is 25.0 Å². The molecule has 0 unspecified atom stereocenters. The van der Waals surface area contributed by atoms with Crippen molar-refractivity contribution in [3.05, 3.63) is 65.2 Å². The van der Waals surface area contributed by atoms with E-state index in [1.807, 2.05) is 12.1 Å². The third-order valence-corrected chi connectivity index (χ3v) is 5.33. The number of esters is 1. The van der Waals surface area contributed by atoms with Gasteiger partial charge in [-0.05, 0) is 61.9 Å². The predicted octanol–water partition coefficient (Wildman–Crippen LogP) is 3.45. The Bertz CT molecular complexity index is 903. The number of likely N-dealkylation sites (tertiary alicyclic amines) is 1. The van der Waals surface area contributed by atoms with Crippen molar-refractivity contribution in [2.45, 2.75) is 26.2 Å². The van der Waals surface area contributed by atoms with E-state index in [-0.39, 0.29) is 12.6 Å². The molecule has 158 valence electrons. The lowest BCUT2D eigenvalue weighted by Gasteiger charge is -2.32. The number of urea groups is 1. The van der Waals surface area contributed by atoms with E-state index in [0.717, 1.165) is 24.8 Å². The number of para-hydroxylation sites is 1. The second-order valence-corrected chi connectivity index (χ2v) is 7.39. The van der Waals surface area contributed by atoms with E-state index in [1.165, 1.54) is 0 Å². The van der Waals surface area contributed by atoms with Gasteiger partial charge in [-0.25, -0.2) is 9.59 Å². The van der Waals surface area contributed by atoms with Gasteiger partial charge in [0.25, 0.3) is 0 Å². The van der Waals surface area contributed by atoms with Crippen LogP contribution in [0.2, 0.25) is 0 Å². The van der Waals surface area contributed by atoms with Gasteiger partial charge in [0.15, 0.2) is 0 Å². The summed E-state index contributed by atoms with van der Waals surface area (Å²) < 4.78 is 5.06. The first-order chi connectivity index (χ1) is 14.5. The van der Waals surface area contributed by atoms with Crippen LogP contribution in [0, 0.1) is 5.92 Å². The van der Waals surface area contributed by atoms with Crippen LogP contribution in [0.4, 0.5) is 10.5 Å². The number of anilines is 1. The summed E-state index contributed by atoms with van der Waals surface area (Å²) in [6, 6.07) is 14.0. The topological polar surface area (TPSA) is 102 Å². The van der Waals surface area contributed by atoms with Crippen LogP contribution in [0.1, 0.15) is 46.0 Å². The van der Waals surface area contributed by atoms with Crippen molar-refractivity contribution in [3.63, 3.8) is 0 Å². The molecular formula is C23H27N3O4. The molecular weight excluding hydrogens is 382 g/mol. The van der Waals surface area contributed by atoms with Gasteiger partial charge in [-0.3, -0.25) is 4.79 Å². The summed E-state index contributed by atoms with van der Waals surface area (Å²) in [5.41, 5.74) is 7.75. The monoisotopic (exact) mass is 409 g/mol. The van der Waals surface area contributed by atoms with Gasteiger partial charge in [-0.1, -0.05) is 24.3 Å². The third kappa shape index (κ3) is 5.37. The van der Waals surface area contributed by atoms with Gasteiger partial charge < -0.3 is 20.7 Å². The number of amides is 3. The molecule has 2 aromatic carbocycles. The number of ether oxygens (including phenoxy) is 1. The minimum absolute atomic E-state index is 0.212. The average Bonchev–Trinajstić information content (AvgIpc) is 2.75. The molecule has 1 saturated heterocycles. The van der Waals surface area contributed by atoms with E-state index in [0.29, 0.717) is 35.8 Å². The molecule has 1 heterocycles. The summed E-state index contributed by atoms with van der Waals surface area (Å²) in [5, 5.41) is 2.84. The molecule has 3 N–H and O–H groups in total. The molecule has 2 aromatic rings. The molecule has 0 spiro atoms. The Labute approximate surface area is 176 Å². The van der Waals surface area contributed by atoms with Crippen molar-refractivity contribution < 1.29 is 19.1 Å². The smallest absolute Gasteiger partial charge is 0.340 e. The van der Waals surface area contributed by atoms with Crippen molar-refractivity contribution >= 4 is 23.6 Å². The zero-order valence-corrected chi connectivity index (χ0v) is 17.1. The summed E-state index contributed by atoms with van der Waals surface area (Å²) in [4.78, 5) is 37.7. The van der Waals surface area contributed by atoms with Crippen LogP contribution < -0.4 is 11.1 Å². The molecule has 30 heavy (non-hydrogen) atoms. The van der Waals surface area contributed by atoms with Crippen LogP contribution in [0.5, 0.6) is 0 Å². The quantitative estimate of drug-likeness (QED) is 0.714. The molecule has 0 radical (unpaired) electrons. The Hall–Kier alpha value is -3.35. The van der Waals surface area contributed by atoms with Gasteiger partial charge in [-0.2, -0.15) is 0 Å². The summed E-state index contributed by atoms with van der Waals surface area (Å²) in [6.45, 7) is 3.32. The van der Waals surface area contributed by atoms with Crippen molar-refractivity contribution in [2.24, 2.45) is 11.7 Å². The maximum Gasteiger partial charge on any atom is 0.340 e. The SMILES string of the molecule is CCOC(=O)c1ccccc1NC(=O)N1CCC(Cc2ccc(C(N)=O)cc2)CC1. The molecule has 0 aliphatic carbocycles. The molecule has 0 atom stereocenters. The minimum Gasteiger partial charge on any atom is -0.462 e. The van der Waals surface area contributed by atoms with E-state index in [9.17, 15) is 14.4 Å². The lowest BCUT2D eigenvalue weighted by Crippen LogP contribution is -2.41. The number of carbonyl (C=O) groups is 3. The molecule has 3 rings (SSSR count). The number of primary amides is 1. The van der Waals surface area contributed by atoms with Gasteiger partial charge in [0.05, 0.1) is 17.9 Å². The molecule has 7 heteroatoms. The minimum atomic E-state index is -0.450. The molecule has 0 saturated carbocycles. The first-order valence-corrected chi connectivity index (χ1v) is 10.2. The fourth-order valence-electron chi connectivity index (χ4n) is 3.65. The zero-order chi connectivity index (χ0) is 21.5. The highest BCUT2D eigenvalue weighted by molar-refractivity contribution is 6.00. The molecule has 7 nitrogen and oxygen atoms in total. The van der Waals surface area contributed by atoms with Gasteiger partial charge >= 0.3 is 12.0 Å². The second kappa shape index (κ2) is 9.91. The number of nitrogens with zero attached hydrogens (tertiary/aromatic N) is 1.